The van der Waals surface area contributed by atoms with Crippen molar-refractivity contribution in [1.29, 1.82) is 0 Å². The van der Waals surface area contributed by atoms with Crippen LogP contribution in [0.3, 0.4) is 0 Å². The molecule has 0 fully saturated rings. The quantitative estimate of drug-likeness (QED) is 0.475. The van der Waals surface area contributed by atoms with Crippen molar-refractivity contribution in [2.75, 3.05) is 0 Å². The van der Waals surface area contributed by atoms with Crippen LogP contribution in [0, 0.1) is 0 Å². The second kappa shape index (κ2) is 7.08. The summed E-state index contributed by atoms with van der Waals surface area (Å²) in [6.07, 6.45) is 7.39. The molecule has 2 aromatic carbocycles. The summed E-state index contributed by atoms with van der Waals surface area (Å²) in [5.41, 5.74) is 6.29. The van der Waals surface area contributed by atoms with Gasteiger partial charge >= 0.3 is 0 Å². The molecule has 0 aromatic heterocycles. The van der Waals surface area contributed by atoms with E-state index >= 15 is 0 Å². The van der Waals surface area contributed by atoms with Crippen molar-refractivity contribution in [2.24, 2.45) is 0 Å². The Bertz CT molecular complexity index is 715. The van der Waals surface area contributed by atoms with Crippen molar-refractivity contribution in [1.82, 2.24) is 0 Å². The first-order chi connectivity index (χ1) is 10.6. The van der Waals surface area contributed by atoms with Crippen LogP contribution in [0.1, 0.15) is 22.3 Å². The third kappa shape index (κ3) is 2.81. The first kappa shape index (κ1) is 16.7. The molecule has 0 unspecified atom stereocenters. The maximum absolute atomic E-state index is 3.96. The molecule has 0 bridgehead atoms. The third-order valence-electron chi connectivity index (χ3n) is 3.55. The lowest BCUT2D eigenvalue weighted by Gasteiger charge is -2.18. The van der Waals surface area contributed by atoms with E-state index in [1.165, 1.54) is 0 Å². The summed E-state index contributed by atoms with van der Waals surface area (Å²) >= 11 is 7.34. The second-order valence-electron chi connectivity index (χ2n) is 4.67. The van der Waals surface area contributed by atoms with Gasteiger partial charge in [0, 0.05) is 20.1 Å². The van der Waals surface area contributed by atoms with Crippen molar-refractivity contribution in [3.63, 3.8) is 0 Å². The van der Waals surface area contributed by atoms with Crippen molar-refractivity contribution in [3.05, 3.63) is 81.8 Å². The molecule has 0 heterocycles. The Hall–Kier alpha value is -1.64. The zero-order chi connectivity index (χ0) is 16.3. The van der Waals surface area contributed by atoms with Crippen molar-refractivity contribution in [2.45, 2.75) is 0 Å². The lowest BCUT2D eigenvalue weighted by atomic mass is 9.90. The highest BCUT2D eigenvalue weighted by Gasteiger charge is 2.17. The SMILES string of the molecule is C=Cc1ccc(Br)c(-c2c(Br)ccc(C=C)c2C=C)c1C=C. The zero-order valence-corrected chi connectivity index (χ0v) is 15.4. The first-order valence-electron chi connectivity index (χ1n) is 6.74. The second-order valence-corrected chi connectivity index (χ2v) is 6.38. The fourth-order valence-corrected chi connectivity index (χ4v) is 3.61. The summed E-state index contributed by atoms with van der Waals surface area (Å²) in [5, 5.41) is 0. The van der Waals surface area contributed by atoms with Crippen LogP contribution in [0.25, 0.3) is 35.4 Å². The van der Waals surface area contributed by atoms with Crippen LogP contribution in [0.2, 0.25) is 0 Å². The minimum atomic E-state index is 0.998. The van der Waals surface area contributed by atoms with E-state index in [9.17, 15) is 0 Å². The van der Waals surface area contributed by atoms with Gasteiger partial charge in [-0.2, -0.15) is 0 Å². The number of hydrogen-bond donors (Lipinski definition) is 0. The summed E-state index contributed by atoms with van der Waals surface area (Å²) < 4.78 is 2.00. The van der Waals surface area contributed by atoms with E-state index in [0.717, 1.165) is 42.3 Å². The van der Waals surface area contributed by atoms with Crippen molar-refractivity contribution < 1.29 is 0 Å². The monoisotopic (exact) mass is 414 g/mol. The molecule has 0 amide bonds. The van der Waals surface area contributed by atoms with Gasteiger partial charge in [0.25, 0.3) is 0 Å². The molecule has 2 heteroatoms. The van der Waals surface area contributed by atoms with Crippen molar-refractivity contribution >= 4 is 56.2 Å². The Kier molecular flexibility index (Phi) is 5.38. The summed E-state index contributed by atoms with van der Waals surface area (Å²) in [4.78, 5) is 0. The number of rotatable bonds is 5. The zero-order valence-electron chi connectivity index (χ0n) is 12.2. The number of hydrogen-bond acceptors (Lipinski definition) is 0. The fraction of sp³-hybridized carbons (Fsp3) is 0. The lowest BCUT2D eigenvalue weighted by Crippen LogP contribution is -1.95. The summed E-state index contributed by atoms with van der Waals surface area (Å²) in [6.45, 7) is 15.7. The average molecular weight is 416 g/mol. The van der Waals surface area contributed by atoms with E-state index in [2.05, 4.69) is 58.2 Å². The Morgan fingerprint density at radius 2 is 0.955 bits per heavy atom. The van der Waals surface area contributed by atoms with Gasteiger partial charge < -0.3 is 0 Å². The van der Waals surface area contributed by atoms with E-state index in [4.69, 9.17) is 0 Å². The molecule has 110 valence electrons. The standard InChI is InChI=1S/C20H16Br2/c1-5-13-9-11-17(21)19(15(13)7-3)20-16(8-4)14(6-2)10-12-18(20)22/h5-12H,1-4H2. The predicted molar refractivity (Wildman–Crippen MR) is 108 cm³/mol. The molecule has 0 nitrogen and oxygen atoms in total. The Balaban J connectivity index is 2.99. The minimum Gasteiger partial charge on any atom is -0.0984 e. The predicted octanol–water partition coefficient (Wildman–Crippen LogP) is 7.45. The summed E-state index contributed by atoms with van der Waals surface area (Å²) in [6, 6.07) is 8.10. The highest BCUT2D eigenvalue weighted by atomic mass is 79.9. The molecule has 0 aliphatic heterocycles. The van der Waals surface area contributed by atoms with Gasteiger partial charge in [0.1, 0.15) is 0 Å². The van der Waals surface area contributed by atoms with Crippen LogP contribution in [0.15, 0.2) is 59.5 Å². The molecule has 2 aromatic rings. The van der Waals surface area contributed by atoms with Gasteiger partial charge in [0.05, 0.1) is 0 Å². The van der Waals surface area contributed by atoms with Crippen LogP contribution in [0.5, 0.6) is 0 Å². The van der Waals surface area contributed by atoms with Crippen molar-refractivity contribution in [3.8, 4) is 11.1 Å². The maximum atomic E-state index is 3.96. The summed E-state index contributed by atoms with van der Waals surface area (Å²) in [5.74, 6) is 0. The molecule has 0 aliphatic rings. The Labute approximate surface area is 148 Å². The van der Waals surface area contributed by atoms with Gasteiger partial charge in [-0.1, -0.05) is 94.6 Å². The van der Waals surface area contributed by atoms with Crippen LogP contribution in [-0.4, -0.2) is 0 Å². The van der Waals surface area contributed by atoms with E-state index in [0.29, 0.717) is 0 Å². The third-order valence-corrected chi connectivity index (χ3v) is 4.88. The van der Waals surface area contributed by atoms with E-state index in [1.807, 2.05) is 48.6 Å². The van der Waals surface area contributed by atoms with Gasteiger partial charge in [-0.05, 0) is 34.4 Å². The Morgan fingerprint density at radius 3 is 1.23 bits per heavy atom. The largest absolute Gasteiger partial charge is 0.0984 e. The van der Waals surface area contributed by atoms with Crippen LogP contribution >= 0.6 is 31.9 Å². The molecule has 22 heavy (non-hydrogen) atoms. The minimum absolute atomic E-state index is 0.998. The molecule has 2 rings (SSSR count). The first-order valence-corrected chi connectivity index (χ1v) is 8.32. The normalized spacial score (nSPS) is 10.1. The van der Waals surface area contributed by atoms with Gasteiger partial charge in [0.2, 0.25) is 0 Å². The maximum Gasteiger partial charge on any atom is 0.0260 e. The van der Waals surface area contributed by atoms with Gasteiger partial charge in [0.15, 0.2) is 0 Å². The van der Waals surface area contributed by atoms with E-state index in [1.54, 1.807) is 0 Å². The topological polar surface area (TPSA) is 0 Å². The Morgan fingerprint density at radius 1 is 0.591 bits per heavy atom. The molecular formula is C20H16Br2. The fourth-order valence-electron chi connectivity index (χ4n) is 2.52. The highest BCUT2D eigenvalue weighted by molar-refractivity contribution is 9.11. The van der Waals surface area contributed by atoms with Crippen LogP contribution < -0.4 is 0 Å². The van der Waals surface area contributed by atoms with Gasteiger partial charge in [-0.25, -0.2) is 0 Å². The van der Waals surface area contributed by atoms with Crippen LogP contribution in [-0.2, 0) is 0 Å². The van der Waals surface area contributed by atoms with Gasteiger partial charge in [-0.15, -0.1) is 0 Å². The molecule has 0 radical (unpaired) electrons. The van der Waals surface area contributed by atoms with Crippen LogP contribution in [0.4, 0.5) is 0 Å². The molecule has 0 N–H and O–H groups in total. The van der Waals surface area contributed by atoms with E-state index < -0.39 is 0 Å². The molecular weight excluding hydrogens is 400 g/mol. The number of halogens is 2. The molecule has 0 aliphatic carbocycles. The lowest BCUT2D eigenvalue weighted by molar-refractivity contribution is 1.49. The number of benzene rings is 2. The molecule has 0 saturated carbocycles. The average Bonchev–Trinajstić information content (AvgIpc) is 2.54. The molecule has 0 spiro atoms. The molecule has 0 saturated heterocycles. The van der Waals surface area contributed by atoms with Gasteiger partial charge in [-0.3, -0.25) is 0 Å². The van der Waals surface area contributed by atoms with E-state index in [-0.39, 0.29) is 0 Å². The molecule has 0 atom stereocenters. The smallest absolute Gasteiger partial charge is 0.0260 e. The highest BCUT2D eigenvalue weighted by Crippen LogP contribution is 2.42. The summed E-state index contributed by atoms with van der Waals surface area (Å²) in [7, 11) is 0.